The molecule has 2 saturated heterocycles. The van der Waals surface area contributed by atoms with E-state index >= 15 is 0 Å². The fourth-order valence-electron chi connectivity index (χ4n) is 4.00. The Morgan fingerprint density at radius 3 is 2.53 bits per heavy atom. The van der Waals surface area contributed by atoms with Crippen molar-refractivity contribution in [1.29, 1.82) is 0 Å². The van der Waals surface area contributed by atoms with Crippen LogP contribution in [0.25, 0.3) is 0 Å². The molecule has 1 atom stereocenters. The van der Waals surface area contributed by atoms with Crippen LogP contribution in [0.4, 0.5) is 11.4 Å². The molecule has 1 unspecified atom stereocenters. The van der Waals surface area contributed by atoms with E-state index in [4.69, 9.17) is 14.5 Å². The number of carbonyl (C=O) groups excluding carboxylic acids is 1. The minimum Gasteiger partial charge on any atom is -0.378 e. The van der Waals surface area contributed by atoms with E-state index in [1.807, 2.05) is 37.4 Å². The van der Waals surface area contributed by atoms with Gasteiger partial charge in [-0.3, -0.25) is 4.79 Å². The van der Waals surface area contributed by atoms with E-state index in [-0.39, 0.29) is 18.4 Å². The van der Waals surface area contributed by atoms with Crippen molar-refractivity contribution in [2.45, 2.75) is 29.3 Å². The third-order valence-corrected chi connectivity index (χ3v) is 7.09. The predicted octanol–water partition coefficient (Wildman–Crippen LogP) is 3.74. The highest BCUT2D eigenvalue weighted by atomic mass is 32.2. The summed E-state index contributed by atoms with van der Waals surface area (Å²) in [4.78, 5) is 24.6. The molecule has 0 spiro atoms. The number of hydrogen-bond donors (Lipinski definition) is 1. The lowest BCUT2D eigenvalue weighted by molar-refractivity contribution is -0.118. The number of rotatable bonds is 7. The summed E-state index contributed by atoms with van der Waals surface area (Å²) < 4.78 is 10.7. The molecule has 1 aromatic heterocycles. The van der Waals surface area contributed by atoms with Gasteiger partial charge in [0, 0.05) is 42.0 Å². The molecule has 176 valence electrons. The topological polar surface area (TPSA) is 76.6 Å². The van der Waals surface area contributed by atoms with Crippen LogP contribution in [0.3, 0.4) is 0 Å². The third kappa shape index (κ3) is 5.58. The minimum absolute atomic E-state index is 0.0957. The highest BCUT2D eigenvalue weighted by Crippen LogP contribution is 2.30. The van der Waals surface area contributed by atoms with E-state index in [2.05, 4.69) is 39.5 Å². The van der Waals surface area contributed by atoms with Crippen molar-refractivity contribution in [3.05, 3.63) is 71.7 Å². The second kappa shape index (κ2) is 10.5. The van der Waals surface area contributed by atoms with Crippen LogP contribution in [0.15, 0.2) is 64.6 Å². The molecule has 7 nitrogen and oxygen atoms in total. The number of ketones is 1. The van der Waals surface area contributed by atoms with Gasteiger partial charge >= 0.3 is 0 Å². The number of ether oxygens (including phenoxy) is 2. The van der Waals surface area contributed by atoms with Crippen LogP contribution < -0.4 is 10.2 Å². The fourth-order valence-corrected chi connectivity index (χ4v) is 4.86. The Balaban J connectivity index is 1.22. The largest absolute Gasteiger partial charge is 0.378 e. The van der Waals surface area contributed by atoms with Gasteiger partial charge in [-0.1, -0.05) is 23.9 Å². The highest BCUT2D eigenvalue weighted by molar-refractivity contribution is 7.99. The zero-order chi connectivity index (χ0) is 23.3. The second-order valence-corrected chi connectivity index (χ2v) is 9.58. The molecule has 0 bridgehead atoms. The van der Waals surface area contributed by atoms with Gasteiger partial charge in [0.2, 0.25) is 0 Å². The van der Waals surface area contributed by atoms with Crippen molar-refractivity contribution >= 4 is 28.9 Å². The normalized spacial score (nSPS) is 18.3. The first kappa shape index (κ1) is 22.8. The summed E-state index contributed by atoms with van der Waals surface area (Å²) in [5.74, 6) is 0.906. The van der Waals surface area contributed by atoms with Crippen LogP contribution in [0, 0.1) is 6.92 Å². The molecule has 1 N–H and O–H groups in total. The van der Waals surface area contributed by atoms with Crippen LogP contribution in [0.1, 0.15) is 17.0 Å². The number of aromatic nitrogens is 2. The summed E-state index contributed by atoms with van der Waals surface area (Å²) in [5.41, 5.74) is 4.38. The number of morpholine rings is 1. The van der Waals surface area contributed by atoms with Gasteiger partial charge in [0.25, 0.3) is 0 Å². The first-order valence-electron chi connectivity index (χ1n) is 11.5. The van der Waals surface area contributed by atoms with Crippen molar-refractivity contribution in [3.8, 4) is 0 Å². The molecule has 0 radical (unpaired) electrons. The number of nitrogens with one attached hydrogen (secondary N) is 1. The van der Waals surface area contributed by atoms with E-state index in [1.54, 1.807) is 11.8 Å². The van der Waals surface area contributed by atoms with Crippen molar-refractivity contribution in [1.82, 2.24) is 9.97 Å². The van der Waals surface area contributed by atoms with Gasteiger partial charge in [0.1, 0.15) is 23.5 Å². The lowest BCUT2D eigenvalue weighted by Crippen LogP contribution is -2.36. The first-order valence-corrected chi connectivity index (χ1v) is 12.3. The monoisotopic (exact) mass is 476 g/mol. The smallest absolute Gasteiger partial charge is 0.182 e. The molecule has 2 fully saturated rings. The van der Waals surface area contributed by atoms with Gasteiger partial charge < -0.3 is 19.7 Å². The van der Waals surface area contributed by atoms with Gasteiger partial charge in [-0.15, -0.1) is 0 Å². The maximum atomic E-state index is 11.8. The number of Topliss-reactive ketones (excluding diaryl/α,β-unsaturated/α-hetero) is 1. The van der Waals surface area contributed by atoms with Gasteiger partial charge in [0.15, 0.2) is 5.78 Å². The zero-order valence-corrected chi connectivity index (χ0v) is 20.0. The molecule has 3 heterocycles. The molecule has 8 heteroatoms. The lowest BCUT2D eigenvalue weighted by Gasteiger charge is -2.28. The van der Waals surface area contributed by atoms with Crippen molar-refractivity contribution in [3.63, 3.8) is 0 Å². The number of benzene rings is 2. The van der Waals surface area contributed by atoms with Crippen LogP contribution in [-0.4, -0.2) is 61.3 Å². The van der Waals surface area contributed by atoms with Crippen LogP contribution >= 0.6 is 11.8 Å². The molecule has 2 aliphatic rings. The molecule has 0 amide bonds. The Morgan fingerprint density at radius 2 is 1.82 bits per heavy atom. The molecule has 34 heavy (non-hydrogen) atoms. The summed E-state index contributed by atoms with van der Waals surface area (Å²) in [5, 5.41) is 4.19. The summed E-state index contributed by atoms with van der Waals surface area (Å²) in [7, 11) is 0. The van der Waals surface area contributed by atoms with Crippen molar-refractivity contribution < 1.29 is 14.3 Å². The average molecular weight is 477 g/mol. The highest BCUT2D eigenvalue weighted by Gasteiger charge is 2.24. The van der Waals surface area contributed by atoms with Gasteiger partial charge in [-0.05, 0) is 54.4 Å². The predicted molar refractivity (Wildman–Crippen MR) is 133 cm³/mol. The number of carbonyl (C=O) groups is 1. The summed E-state index contributed by atoms with van der Waals surface area (Å²) in [6.45, 7) is 6.09. The third-order valence-electron chi connectivity index (χ3n) is 5.98. The Hall–Kier alpha value is -2.94. The SMILES string of the molecule is Cc1cnc(Cc2ccc(N3CCOCC3)cc2)nc1Sc1ccc(NC2COCC2=O)cc1. The van der Waals surface area contributed by atoms with E-state index in [9.17, 15) is 4.79 Å². The van der Waals surface area contributed by atoms with E-state index in [0.29, 0.717) is 13.0 Å². The number of nitrogens with zero attached hydrogens (tertiary/aromatic N) is 3. The van der Waals surface area contributed by atoms with Gasteiger partial charge in [-0.25, -0.2) is 9.97 Å². The van der Waals surface area contributed by atoms with Crippen LogP contribution in [0.5, 0.6) is 0 Å². The Bertz CT molecular complexity index is 1130. The van der Waals surface area contributed by atoms with Crippen molar-refractivity contribution in [2.24, 2.45) is 0 Å². The summed E-state index contributed by atoms with van der Waals surface area (Å²) in [6.07, 6.45) is 2.59. The molecule has 5 rings (SSSR count). The number of anilines is 2. The van der Waals surface area contributed by atoms with E-state index in [0.717, 1.165) is 53.3 Å². The maximum absolute atomic E-state index is 11.8. The first-order chi connectivity index (χ1) is 16.6. The average Bonchev–Trinajstić information content (AvgIpc) is 3.27. The van der Waals surface area contributed by atoms with Gasteiger partial charge in [0.05, 0.1) is 19.8 Å². The molecule has 3 aromatic rings. The Morgan fingerprint density at radius 1 is 1.06 bits per heavy atom. The Labute approximate surface area is 203 Å². The maximum Gasteiger partial charge on any atom is 0.182 e. The molecular formula is C26H28N4O3S. The molecule has 0 saturated carbocycles. The van der Waals surface area contributed by atoms with Crippen molar-refractivity contribution in [2.75, 3.05) is 49.7 Å². The van der Waals surface area contributed by atoms with Crippen LogP contribution in [0.2, 0.25) is 0 Å². The lowest BCUT2D eigenvalue weighted by atomic mass is 10.1. The molecule has 2 aromatic carbocycles. The number of hydrogen-bond acceptors (Lipinski definition) is 8. The van der Waals surface area contributed by atoms with Gasteiger partial charge in [-0.2, -0.15) is 0 Å². The Kier molecular flexibility index (Phi) is 7.08. The van der Waals surface area contributed by atoms with E-state index in [1.165, 1.54) is 11.3 Å². The molecule has 2 aliphatic heterocycles. The summed E-state index contributed by atoms with van der Waals surface area (Å²) in [6, 6.07) is 16.5. The zero-order valence-electron chi connectivity index (χ0n) is 19.2. The fraction of sp³-hybridized carbons (Fsp3) is 0.346. The quantitative estimate of drug-likeness (QED) is 0.517. The minimum atomic E-state index is -0.256. The molecule has 0 aliphatic carbocycles. The second-order valence-electron chi connectivity index (χ2n) is 8.52. The van der Waals surface area contributed by atoms with Crippen LogP contribution in [-0.2, 0) is 20.7 Å². The molecular weight excluding hydrogens is 448 g/mol. The standard InChI is InChI=1S/C26H28N4O3S/c1-18-15-27-25(14-19-2-6-21(7-3-19)30-10-12-32-13-11-30)29-26(18)34-22-8-4-20(5-9-22)28-23-16-33-17-24(23)31/h2-9,15,23,28H,10-14,16-17H2,1H3. The number of aryl methyl sites for hydroxylation is 1. The van der Waals surface area contributed by atoms with E-state index < -0.39 is 0 Å². The summed E-state index contributed by atoms with van der Waals surface area (Å²) >= 11 is 1.62.